The van der Waals surface area contributed by atoms with Crippen molar-refractivity contribution in [1.29, 1.82) is 0 Å². The third-order valence-electron chi connectivity index (χ3n) is 3.24. The topological polar surface area (TPSA) is 32.3 Å². The maximum atomic E-state index is 11.5. The molecule has 1 aliphatic rings. The molecule has 94 valence electrons. The third kappa shape index (κ3) is 4.97. The summed E-state index contributed by atoms with van der Waals surface area (Å²) in [6, 6.07) is 0.613. The van der Waals surface area contributed by atoms with Gasteiger partial charge in [0.15, 0.2) is 0 Å². The Morgan fingerprint density at radius 3 is 2.94 bits per heavy atom. The molecule has 1 fully saturated rings. The Morgan fingerprint density at radius 2 is 2.25 bits per heavy atom. The number of rotatable bonds is 7. The number of hydrogen-bond acceptors (Lipinski definition) is 2. The Balaban J connectivity index is 2.03. The highest BCUT2D eigenvalue weighted by Gasteiger charge is 2.16. The first-order valence-corrected chi connectivity index (χ1v) is 6.75. The van der Waals surface area contributed by atoms with Crippen molar-refractivity contribution in [3.05, 3.63) is 0 Å². The van der Waals surface area contributed by atoms with Crippen LogP contribution in [0.3, 0.4) is 0 Å². The lowest BCUT2D eigenvalue weighted by Crippen LogP contribution is -2.37. The highest BCUT2D eigenvalue weighted by molar-refractivity contribution is 5.76. The van der Waals surface area contributed by atoms with E-state index in [9.17, 15) is 4.79 Å². The zero-order chi connectivity index (χ0) is 11.8. The predicted molar refractivity (Wildman–Crippen MR) is 67.4 cm³/mol. The molecule has 1 rings (SSSR count). The summed E-state index contributed by atoms with van der Waals surface area (Å²) in [4.78, 5) is 13.6. The summed E-state index contributed by atoms with van der Waals surface area (Å²) >= 11 is 0. The van der Waals surface area contributed by atoms with E-state index in [0.717, 1.165) is 38.9 Å². The monoisotopic (exact) mass is 226 g/mol. The minimum absolute atomic E-state index is 0.354. The Kier molecular flexibility index (Phi) is 6.46. The van der Waals surface area contributed by atoms with Crippen LogP contribution in [0.2, 0.25) is 0 Å². The average molecular weight is 226 g/mol. The van der Waals surface area contributed by atoms with Gasteiger partial charge in [-0.1, -0.05) is 13.3 Å². The lowest BCUT2D eigenvalue weighted by molar-refractivity contribution is -0.133. The number of carbonyl (C=O) groups is 1. The van der Waals surface area contributed by atoms with Gasteiger partial charge in [0.1, 0.15) is 0 Å². The molecular formula is C13H26N2O. The quantitative estimate of drug-likeness (QED) is 0.675. The van der Waals surface area contributed by atoms with Crippen molar-refractivity contribution < 1.29 is 4.79 Å². The fourth-order valence-corrected chi connectivity index (χ4v) is 2.25. The van der Waals surface area contributed by atoms with E-state index in [-0.39, 0.29) is 0 Å². The molecule has 1 amide bonds. The Labute approximate surface area is 99.6 Å². The van der Waals surface area contributed by atoms with Crippen molar-refractivity contribution in [2.75, 3.05) is 19.6 Å². The largest absolute Gasteiger partial charge is 0.343 e. The van der Waals surface area contributed by atoms with Gasteiger partial charge in [0.2, 0.25) is 5.91 Å². The van der Waals surface area contributed by atoms with Crippen LogP contribution in [-0.2, 0) is 4.79 Å². The second kappa shape index (κ2) is 7.66. The fourth-order valence-electron chi connectivity index (χ4n) is 2.25. The highest BCUT2D eigenvalue weighted by Crippen LogP contribution is 2.10. The zero-order valence-electron chi connectivity index (χ0n) is 10.8. The van der Waals surface area contributed by atoms with Crippen LogP contribution in [0, 0.1) is 0 Å². The standard InChI is InChI=1S/C13H26N2O/c1-3-7-12(2)14-9-6-11-15-10-5-4-8-13(15)16/h12,14H,3-11H2,1-2H3. The van der Waals surface area contributed by atoms with E-state index in [1.165, 1.54) is 19.3 Å². The summed E-state index contributed by atoms with van der Waals surface area (Å²) in [6.45, 7) is 7.39. The molecule has 16 heavy (non-hydrogen) atoms. The first-order valence-electron chi connectivity index (χ1n) is 6.75. The maximum Gasteiger partial charge on any atom is 0.222 e. The van der Waals surface area contributed by atoms with Crippen LogP contribution in [0.5, 0.6) is 0 Å². The molecule has 1 unspecified atom stereocenters. The van der Waals surface area contributed by atoms with E-state index in [1.807, 2.05) is 4.90 Å². The highest BCUT2D eigenvalue weighted by atomic mass is 16.2. The van der Waals surface area contributed by atoms with Crippen LogP contribution in [0.1, 0.15) is 52.4 Å². The molecular weight excluding hydrogens is 200 g/mol. The molecule has 0 bridgehead atoms. The number of nitrogens with zero attached hydrogens (tertiary/aromatic N) is 1. The van der Waals surface area contributed by atoms with Crippen molar-refractivity contribution in [3.63, 3.8) is 0 Å². The average Bonchev–Trinajstić information content (AvgIpc) is 2.27. The molecule has 0 aromatic heterocycles. The van der Waals surface area contributed by atoms with Gasteiger partial charge in [-0.3, -0.25) is 4.79 Å². The lowest BCUT2D eigenvalue weighted by Gasteiger charge is -2.26. The summed E-state index contributed by atoms with van der Waals surface area (Å²) in [5.74, 6) is 0.354. The first-order chi connectivity index (χ1) is 7.74. The van der Waals surface area contributed by atoms with Crippen molar-refractivity contribution in [2.24, 2.45) is 0 Å². The van der Waals surface area contributed by atoms with Crippen molar-refractivity contribution >= 4 is 5.91 Å². The molecule has 1 heterocycles. The molecule has 1 N–H and O–H groups in total. The molecule has 0 aromatic carbocycles. The number of likely N-dealkylation sites (tertiary alicyclic amines) is 1. The van der Waals surface area contributed by atoms with E-state index in [0.29, 0.717) is 11.9 Å². The van der Waals surface area contributed by atoms with E-state index in [2.05, 4.69) is 19.2 Å². The van der Waals surface area contributed by atoms with E-state index < -0.39 is 0 Å². The van der Waals surface area contributed by atoms with Gasteiger partial charge >= 0.3 is 0 Å². The van der Waals surface area contributed by atoms with Crippen LogP contribution in [-0.4, -0.2) is 36.5 Å². The molecule has 0 spiro atoms. The van der Waals surface area contributed by atoms with Gasteiger partial charge in [0.25, 0.3) is 0 Å². The maximum absolute atomic E-state index is 11.5. The Morgan fingerprint density at radius 1 is 1.44 bits per heavy atom. The predicted octanol–water partition coefficient (Wildman–Crippen LogP) is 2.17. The molecule has 0 radical (unpaired) electrons. The Bertz CT molecular complexity index is 206. The number of hydrogen-bond donors (Lipinski definition) is 1. The first kappa shape index (κ1) is 13.5. The van der Waals surface area contributed by atoms with Crippen molar-refractivity contribution in [1.82, 2.24) is 10.2 Å². The van der Waals surface area contributed by atoms with Gasteiger partial charge in [-0.2, -0.15) is 0 Å². The summed E-state index contributed by atoms with van der Waals surface area (Å²) in [6.07, 6.45) is 6.59. The molecule has 1 atom stereocenters. The fraction of sp³-hybridized carbons (Fsp3) is 0.923. The molecule has 0 aromatic rings. The molecule has 1 aliphatic heterocycles. The van der Waals surface area contributed by atoms with Crippen LogP contribution in [0.4, 0.5) is 0 Å². The number of piperidine rings is 1. The van der Waals surface area contributed by atoms with Crippen LogP contribution >= 0.6 is 0 Å². The molecule has 1 saturated heterocycles. The van der Waals surface area contributed by atoms with E-state index >= 15 is 0 Å². The van der Waals surface area contributed by atoms with Crippen molar-refractivity contribution in [3.8, 4) is 0 Å². The van der Waals surface area contributed by atoms with Crippen LogP contribution in [0.25, 0.3) is 0 Å². The van der Waals surface area contributed by atoms with E-state index in [4.69, 9.17) is 0 Å². The normalized spacial score (nSPS) is 18.9. The van der Waals surface area contributed by atoms with Gasteiger partial charge in [-0.05, 0) is 39.2 Å². The smallest absolute Gasteiger partial charge is 0.222 e. The van der Waals surface area contributed by atoms with Gasteiger partial charge in [-0.15, -0.1) is 0 Å². The summed E-state index contributed by atoms with van der Waals surface area (Å²) in [5, 5.41) is 3.50. The summed E-state index contributed by atoms with van der Waals surface area (Å²) < 4.78 is 0. The van der Waals surface area contributed by atoms with Gasteiger partial charge in [0.05, 0.1) is 0 Å². The molecule has 3 heteroatoms. The second-order valence-electron chi connectivity index (χ2n) is 4.84. The molecule has 0 saturated carbocycles. The van der Waals surface area contributed by atoms with Crippen molar-refractivity contribution in [2.45, 2.75) is 58.4 Å². The lowest BCUT2D eigenvalue weighted by atomic mass is 10.1. The summed E-state index contributed by atoms with van der Waals surface area (Å²) in [5.41, 5.74) is 0. The van der Waals surface area contributed by atoms with Crippen LogP contribution < -0.4 is 5.32 Å². The third-order valence-corrected chi connectivity index (χ3v) is 3.24. The number of nitrogens with one attached hydrogen (secondary N) is 1. The van der Waals surface area contributed by atoms with Crippen LogP contribution in [0.15, 0.2) is 0 Å². The minimum atomic E-state index is 0.354. The van der Waals surface area contributed by atoms with Gasteiger partial charge in [-0.25, -0.2) is 0 Å². The Hall–Kier alpha value is -0.570. The minimum Gasteiger partial charge on any atom is -0.343 e. The molecule has 0 aliphatic carbocycles. The summed E-state index contributed by atoms with van der Waals surface area (Å²) in [7, 11) is 0. The zero-order valence-corrected chi connectivity index (χ0v) is 10.8. The van der Waals surface area contributed by atoms with Gasteiger partial charge in [0, 0.05) is 25.6 Å². The van der Waals surface area contributed by atoms with E-state index in [1.54, 1.807) is 0 Å². The number of amides is 1. The molecule has 3 nitrogen and oxygen atoms in total. The second-order valence-corrected chi connectivity index (χ2v) is 4.84. The SMILES string of the molecule is CCCC(C)NCCCN1CCCCC1=O. The number of carbonyl (C=O) groups excluding carboxylic acids is 1. The van der Waals surface area contributed by atoms with Gasteiger partial charge < -0.3 is 10.2 Å².